The van der Waals surface area contributed by atoms with E-state index in [1.54, 1.807) is 6.92 Å². The van der Waals surface area contributed by atoms with E-state index in [2.05, 4.69) is 11.9 Å². The molecule has 0 spiro atoms. The molecular weight excluding hydrogens is 244 g/mol. The van der Waals surface area contributed by atoms with Crippen molar-refractivity contribution in [1.82, 2.24) is 10.2 Å². The van der Waals surface area contributed by atoms with Crippen LogP contribution in [0.1, 0.15) is 32.6 Å². The third-order valence-electron chi connectivity index (χ3n) is 2.52. The molecule has 0 aromatic carbocycles. The Labute approximate surface area is 116 Å². The lowest BCUT2D eigenvalue weighted by Gasteiger charge is -2.09. The Morgan fingerprint density at radius 2 is 2.05 bits per heavy atom. The predicted molar refractivity (Wildman–Crippen MR) is 75.8 cm³/mol. The van der Waals surface area contributed by atoms with Gasteiger partial charge < -0.3 is 15.0 Å². The molecule has 0 unspecified atom stereocenters. The van der Waals surface area contributed by atoms with Gasteiger partial charge in [-0.1, -0.05) is 13.0 Å². The molecule has 110 valence electrons. The molecule has 0 atom stereocenters. The third kappa shape index (κ3) is 11.5. The van der Waals surface area contributed by atoms with Crippen LogP contribution in [0, 0.1) is 0 Å². The zero-order valence-electron chi connectivity index (χ0n) is 12.3. The first-order chi connectivity index (χ1) is 8.93. The van der Waals surface area contributed by atoms with Crippen LogP contribution >= 0.6 is 0 Å². The number of rotatable bonds is 4. The molecule has 1 rings (SSSR count). The molecule has 0 saturated carbocycles. The molecular formula is C14H26N2O3. The van der Waals surface area contributed by atoms with Crippen LogP contribution in [-0.4, -0.2) is 50.6 Å². The van der Waals surface area contributed by atoms with E-state index in [0.717, 1.165) is 32.4 Å². The molecule has 1 N–H and O–H groups in total. The molecule has 0 aliphatic carbocycles. The molecule has 5 heteroatoms. The number of hydrogen-bond acceptors (Lipinski definition) is 4. The highest BCUT2D eigenvalue weighted by Crippen LogP contribution is 2.02. The van der Waals surface area contributed by atoms with Gasteiger partial charge in [-0.3, -0.25) is 4.79 Å². The molecule has 1 amide bonds. The molecule has 1 aliphatic rings. The molecule has 1 saturated heterocycles. The second-order valence-electron chi connectivity index (χ2n) is 4.88. The molecule has 1 fully saturated rings. The van der Waals surface area contributed by atoms with Crippen molar-refractivity contribution in [1.29, 1.82) is 0 Å². The van der Waals surface area contributed by atoms with Crippen molar-refractivity contribution in [2.24, 2.45) is 0 Å². The lowest BCUT2D eigenvalue weighted by molar-refractivity contribution is -0.139. The third-order valence-corrected chi connectivity index (χ3v) is 2.52. The number of hydrogen-bond donors (Lipinski definition) is 1. The van der Waals surface area contributed by atoms with Crippen LogP contribution in [0.3, 0.4) is 0 Å². The summed E-state index contributed by atoms with van der Waals surface area (Å²) >= 11 is 0. The van der Waals surface area contributed by atoms with Gasteiger partial charge in [-0.2, -0.15) is 0 Å². The zero-order chi connectivity index (χ0) is 14.7. The summed E-state index contributed by atoms with van der Waals surface area (Å²) in [6.45, 7) is 7.17. The predicted octanol–water partition coefficient (Wildman–Crippen LogP) is 1.34. The van der Waals surface area contributed by atoms with Crippen LogP contribution in [0.5, 0.6) is 0 Å². The molecule has 0 aromatic rings. The Bertz CT molecular complexity index is 291. The van der Waals surface area contributed by atoms with E-state index in [0.29, 0.717) is 12.2 Å². The van der Waals surface area contributed by atoms with Crippen LogP contribution in [0.15, 0.2) is 12.2 Å². The van der Waals surface area contributed by atoms with Crippen LogP contribution in [-0.2, 0) is 14.3 Å². The van der Waals surface area contributed by atoms with Crippen molar-refractivity contribution < 1.29 is 14.3 Å². The molecule has 0 aromatic heterocycles. The fourth-order valence-electron chi connectivity index (χ4n) is 1.35. The number of esters is 1. The summed E-state index contributed by atoms with van der Waals surface area (Å²) in [5.41, 5.74) is 0.448. The molecule has 19 heavy (non-hydrogen) atoms. The summed E-state index contributed by atoms with van der Waals surface area (Å²) in [7, 11) is 3.85. The summed E-state index contributed by atoms with van der Waals surface area (Å²) in [6, 6.07) is 0. The Hall–Kier alpha value is -1.36. The van der Waals surface area contributed by atoms with Gasteiger partial charge in [0.05, 0.1) is 0 Å². The average Bonchev–Trinajstić information content (AvgIpc) is 2.57. The summed E-state index contributed by atoms with van der Waals surface area (Å²) in [4.78, 5) is 23.3. The zero-order valence-corrected chi connectivity index (χ0v) is 12.3. The van der Waals surface area contributed by atoms with Crippen LogP contribution in [0.2, 0.25) is 0 Å². The first-order valence-corrected chi connectivity index (χ1v) is 6.67. The maximum absolute atomic E-state index is 10.8. The van der Waals surface area contributed by atoms with E-state index in [4.69, 9.17) is 4.74 Å². The van der Waals surface area contributed by atoms with E-state index in [1.807, 2.05) is 19.0 Å². The van der Waals surface area contributed by atoms with Crippen molar-refractivity contribution in [3.8, 4) is 0 Å². The second-order valence-corrected chi connectivity index (χ2v) is 4.88. The lowest BCUT2D eigenvalue weighted by Crippen LogP contribution is -2.21. The Morgan fingerprint density at radius 3 is 2.63 bits per heavy atom. The highest BCUT2D eigenvalue weighted by Gasteiger charge is 2.03. The number of ether oxygens (including phenoxy) is 1. The second kappa shape index (κ2) is 10.6. The van der Waals surface area contributed by atoms with Gasteiger partial charge in [-0.05, 0) is 33.9 Å². The van der Waals surface area contributed by atoms with E-state index in [-0.39, 0.29) is 11.9 Å². The van der Waals surface area contributed by atoms with Crippen molar-refractivity contribution in [3.05, 3.63) is 12.2 Å². The van der Waals surface area contributed by atoms with Gasteiger partial charge in [0, 0.05) is 25.1 Å². The Kier molecular flexibility index (Phi) is 9.80. The number of amides is 1. The van der Waals surface area contributed by atoms with E-state index < -0.39 is 0 Å². The van der Waals surface area contributed by atoms with Gasteiger partial charge in [0.15, 0.2) is 0 Å². The highest BCUT2D eigenvalue weighted by molar-refractivity contribution is 5.86. The maximum atomic E-state index is 10.8. The van der Waals surface area contributed by atoms with Gasteiger partial charge >= 0.3 is 5.97 Å². The maximum Gasteiger partial charge on any atom is 0.333 e. The summed E-state index contributed by atoms with van der Waals surface area (Å²) in [5.74, 6) is -0.0886. The normalized spacial score (nSPS) is 14.8. The number of nitrogens with one attached hydrogen (secondary N) is 1. The quantitative estimate of drug-likeness (QED) is 0.619. The minimum atomic E-state index is -0.313. The Balaban J connectivity index is 0.000000356. The van der Waals surface area contributed by atoms with Crippen molar-refractivity contribution in [2.45, 2.75) is 32.6 Å². The van der Waals surface area contributed by atoms with Crippen molar-refractivity contribution >= 4 is 11.9 Å². The monoisotopic (exact) mass is 270 g/mol. The average molecular weight is 270 g/mol. The molecule has 5 nitrogen and oxygen atoms in total. The number of carbonyl (C=O) groups is 2. The first-order valence-electron chi connectivity index (χ1n) is 6.67. The van der Waals surface area contributed by atoms with Crippen LogP contribution in [0.25, 0.3) is 0 Å². The van der Waals surface area contributed by atoms with E-state index >= 15 is 0 Å². The molecule has 0 radical (unpaired) electrons. The highest BCUT2D eigenvalue weighted by atomic mass is 16.5. The van der Waals surface area contributed by atoms with Gasteiger partial charge in [0.2, 0.25) is 5.91 Å². The summed E-state index contributed by atoms with van der Waals surface area (Å²) in [5, 5.41) is 2.81. The molecule has 1 aliphatic heterocycles. The smallest absolute Gasteiger partial charge is 0.333 e. The van der Waals surface area contributed by atoms with Gasteiger partial charge in [0.25, 0.3) is 0 Å². The van der Waals surface area contributed by atoms with Gasteiger partial charge in [0.1, 0.15) is 6.61 Å². The fourth-order valence-corrected chi connectivity index (χ4v) is 1.35. The lowest BCUT2D eigenvalue weighted by atomic mass is 10.2. The van der Waals surface area contributed by atoms with Crippen molar-refractivity contribution in [3.63, 3.8) is 0 Å². The van der Waals surface area contributed by atoms with Crippen LogP contribution < -0.4 is 5.32 Å². The molecule has 1 heterocycles. The molecule has 0 bridgehead atoms. The number of likely N-dealkylation sites (N-methyl/N-ethyl adjacent to an activating group) is 1. The Morgan fingerprint density at radius 1 is 1.37 bits per heavy atom. The SMILES string of the molecule is C=C(C)C(=O)OCCN(C)C.O=C1CCCCCN1. The summed E-state index contributed by atoms with van der Waals surface area (Å²) < 4.78 is 4.83. The minimum Gasteiger partial charge on any atom is -0.461 e. The van der Waals surface area contributed by atoms with E-state index in [9.17, 15) is 9.59 Å². The van der Waals surface area contributed by atoms with Crippen LogP contribution in [0.4, 0.5) is 0 Å². The topological polar surface area (TPSA) is 58.6 Å². The fraction of sp³-hybridized carbons (Fsp3) is 0.714. The van der Waals surface area contributed by atoms with Gasteiger partial charge in [-0.15, -0.1) is 0 Å². The number of carbonyl (C=O) groups excluding carboxylic acids is 2. The number of nitrogens with zero attached hydrogens (tertiary/aromatic N) is 1. The van der Waals surface area contributed by atoms with Gasteiger partial charge in [-0.25, -0.2) is 4.79 Å². The largest absolute Gasteiger partial charge is 0.461 e. The summed E-state index contributed by atoms with van der Waals surface area (Å²) in [6.07, 6.45) is 4.18. The van der Waals surface area contributed by atoms with E-state index in [1.165, 1.54) is 6.42 Å². The standard InChI is InChI=1S/C8H15NO2.C6H11NO/c1-7(2)8(10)11-6-5-9(3)4;8-6-4-2-1-3-5-7-6/h1,5-6H2,2-4H3;1-5H2,(H,7,8). The van der Waals surface area contributed by atoms with Crippen molar-refractivity contribution in [2.75, 3.05) is 33.8 Å². The minimum absolute atomic E-state index is 0.225. The first kappa shape index (κ1) is 17.6.